The predicted molar refractivity (Wildman–Crippen MR) is 216 cm³/mol. The molecule has 0 unspecified atom stereocenters. The monoisotopic (exact) mass is 636 g/mol. The van der Waals surface area contributed by atoms with Crippen molar-refractivity contribution in [2.24, 2.45) is 0 Å². The molecule has 0 heteroatoms. The molecule has 0 aliphatic rings. The molecule has 0 aliphatic heterocycles. The lowest BCUT2D eigenvalue weighted by Gasteiger charge is -2.20. The Bertz CT molecular complexity index is 1720. The highest BCUT2D eigenvalue weighted by atomic mass is 14.2. The van der Waals surface area contributed by atoms with E-state index in [1.807, 2.05) is 0 Å². The van der Waals surface area contributed by atoms with Crippen molar-refractivity contribution in [3.63, 3.8) is 0 Å². The minimum Gasteiger partial charge on any atom is -0.0616 e. The van der Waals surface area contributed by atoms with Gasteiger partial charge < -0.3 is 0 Å². The summed E-state index contributed by atoms with van der Waals surface area (Å²) in [5.41, 5.74) is 8.75. The van der Waals surface area contributed by atoms with E-state index in [1.165, 1.54) is 65.7 Å². The predicted octanol–water partition coefficient (Wildman–Crippen LogP) is 15.3. The molecule has 6 aromatic carbocycles. The topological polar surface area (TPSA) is 0 Å². The zero-order chi connectivity index (χ0) is 35.1. The van der Waals surface area contributed by atoms with Gasteiger partial charge in [-0.25, -0.2) is 0 Å². The number of hydrogen-bond donors (Lipinski definition) is 0. The average molecular weight is 637 g/mol. The van der Waals surface area contributed by atoms with Crippen LogP contribution in [0.15, 0.2) is 109 Å². The largest absolute Gasteiger partial charge is 0.0616 e. The number of rotatable bonds is 6. The van der Waals surface area contributed by atoms with Crippen LogP contribution in [0.4, 0.5) is 0 Å². The van der Waals surface area contributed by atoms with Gasteiger partial charge in [-0.15, -0.1) is 0 Å². The standard InChI is InChI=1S/C20H22.C16H20.C12H18/c1-13(2)19-15-9-5-7-11-17(15)20(14(3)4)18-12-8-6-10-16(18)19;1-11(2)13-9-10-14(12(3)4)16-8-6-5-7-15(13)16;1-9(2)11-5-7-12(8-6-11)10(3)4/h5-14H,1-4H3;5-12H,1-4H3;5-10H,1-4H3. The average Bonchev–Trinajstić information content (AvgIpc) is 3.06. The second-order valence-corrected chi connectivity index (χ2v) is 15.3. The van der Waals surface area contributed by atoms with Crippen LogP contribution in [-0.4, -0.2) is 0 Å². The lowest BCUT2D eigenvalue weighted by Crippen LogP contribution is -1.98. The number of fused-ring (bicyclic) bond motifs is 3. The SMILES string of the molecule is CC(C)c1c2ccccc2c(C(C)C)c2ccccc12.CC(C)c1ccc(C(C)C)c2ccccc12.CC(C)c1ccc(C(C)C)cc1. The number of hydrogen-bond acceptors (Lipinski definition) is 0. The second-order valence-electron chi connectivity index (χ2n) is 15.3. The van der Waals surface area contributed by atoms with Crippen molar-refractivity contribution < 1.29 is 0 Å². The Morgan fingerprint density at radius 1 is 0.250 bits per heavy atom. The molecule has 6 rings (SSSR count). The van der Waals surface area contributed by atoms with Gasteiger partial charge in [0.1, 0.15) is 0 Å². The first kappa shape index (κ1) is 36.9. The van der Waals surface area contributed by atoms with E-state index in [0.29, 0.717) is 35.5 Å². The van der Waals surface area contributed by atoms with Gasteiger partial charge in [0.05, 0.1) is 0 Å². The molecule has 252 valence electrons. The van der Waals surface area contributed by atoms with E-state index >= 15 is 0 Å². The molecule has 0 saturated heterocycles. The Hall–Kier alpha value is -3.90. The summed E-state index contributed by atoms with van der Waals surface area (Å²) in [6.07, 6.45) is 0. The molecule has 0 nitrogen and oxygen atoms in total. The summed E-state index contributed by atoms with van der Waals surface area (Å²) in [7, 11) is 0. The zero-order valence-corrected chi connectivity index (χ0v) is 31.9. The van der Waals surface area contributed by atoms with Crippen LogP contribution in [0.3, 0.4) is 0 Å². The minimum absolute atomic E-state index is 0.533. The fourth-order valence-electron chi connectivity index (χ4n) is 7.06. The van der Waals surface area contributed by atoms with Gasteiger partial charge in [-0.2, -0.15) is 0 Å². The summed E-state index contributed by atoms with van der Waals surface area (Å²) in [4.78, 5) is 0. The van der Waals surface area contributed by atoms with Gasteiger partial charge >= 0.3 is 0 Å². The minimum atomic E-state index is 0.533. The smallest absolute Gasteiger partial charge is 0.0140 e. The van der Waals surface area contributed by atoms with Crippen molar-refractivity contribution in [1.82, 2.24) is 0 Å². The van der Waals surface area contributed by atoms with Gasteiger partial charge in [0.15, 0.2) is 0 Å². The molecule has 0 fully saturated rings. The van der Waals surface area contributed by atoms with Crippen LogP contribution < -0.4 is 0 Å². The third-order valence-corrected chi connectivity index (χ3v) is 9.67. The van der Waals surface area contributed by atoms with Gasteiger partial charge in [-0.05, 0) is 101 Å². The second kappa shape index (κ2) is 16.5. The van der Waals surface area contributed by atoms with Crippen molar-refractivity contribution in [3.05, 3.63) is 143 Å². The molecule has 0 radical (unpaired) electrons. The van der Waals surface area contributed by atoms with Crippen LogP contribution in [0.2, 0.25) is 0 Å². The molecule has 0 aromatic heterocycles. The summed E-state index contributed by atoms with van der Waals surface area (Å²) in [5.74, 6) is 3.53. The van der Waals surface area contributed by atoms with E-state index in [4.69, 9.17) is 0 Å². The van der Waals surface area contributed by atoms with Gasteiger partial charge in [0.2, 0.25) is 0 Å². The molecule has 6 aromatic rings. The van der Waals surface area contributed by atoms with Gasteiger partial charge in [0.25, 0.3) is 0 Å². The van der Waals surface area contributed by atoms with Crippen molar-refractivity contribution in [3.8, 4) is 0 Å². The number of benzene rings is 6. The normalized spacial score (nSPS) is 11.6. The lowest BCUT2D eigenvalue weighted by atomic mass is 9.84. The zero-order valence-electron chi connectivity index (χ0n) is 31.9. The third kappa shape index (κ3) is 8.38. The molecule has 0 atom stereocenters. The first-order valence-corrected chi connectivity index (χ1v) is 18.4. The molecule has 0 heterocycles. The van der Waals surface area contributed by atoms with E-state index in [1.54, 1.807) is 0 Å². The Balaban J connectivity index is 0.000000168. The molecule has 0 N–H and O–H groups in total. The van der Waals surface area contributed by atoms with Gasteiger partial charge in [0, 0.05) is 0 Å². The molecule has 0 aliphatic carbocycles. The van der Waals surface area contributed by atoms with Crippen LogP contribution in [0, 0.1) is 0 Å². The summed E-state index contributed by atoms with van der Waals surface area (Å²) < 4.78 is 0. The van der Waals surface area contributed by atoms with E-state index in [2.05, 4.69) is 192 Å². The summed E-state index contributed by atoms with van der Waals surface area (Å²) in [6.45, 7) is 27.1. The summed E-state index contributed by atoms with van der Waals surface area (Å²) >= 11 is 0. The first-order valence-electron chi connectivity index (χ1n) is 18.4. The van der Waals surface area contributed by atoms with Crippen LogP contribution in [0.5, 0.6) is 0 Å². The fraction of sp³-hybridized carbons (Fsp3) is 0.375. The lowest BCUT2D eigenvalue weighted by molar-refractivity contribution is 0.845. The molecule has 0 spiro atoms. The highest BCUT2D eigenvalue weighted by Crippen LogP contribution is 2.39. The molecule has 0 saturated carbocycles. The highest BCUT2D eigenvalue weighted by molar-refractivity contribution is 6.06. The van der Waals surface area contributed by atoms with Crippen LogP contribution in [-0.2, 0) is 0 Å². The summed E-state index contributed by atoms with van der Waals surface area (Å²) in [6, 6.07) is 40.1. The first-order chi connectivity index (χ1) is 22.8. The van der Waals surface area contributed by atoms with Gasteiger partial charge in [-0.3, -0.25) is 0 Å². The highest BCUT2D eigenvalue weighted by Gasteiger charge is 2.17. The molecule has 0 amide bonds. The van der Waals surface area contributed by atoms with Crippen LogP contribution in [0.1, 0.15) is 152 Å². The van der Waals surface area contributed by atoms with E-state index in [-0.39, 0.29) is 0 Å². The van der Waals surface area contributed by atoms with Crippen molar-refractivity contribution in [1.29, 1.82) is 0 Å². The summed E-state index contributed by atoms with van der Waals surface area (Å²) in [5, 5.41) is 8.52. The molecule has 0 bridgehead atoms. The molecular formula is C48H60. The van der Waals surface area contributed by atoms with Crippen molar-refractivity contribution in [2.45, 2.75) is 119 Å². The quantitative estimate of drug-likeness (QED) is 0.160. The molecular weight excluding hydrogens is 577 g/mol. The third-order valence-electron chi connectivity index (χ3n) is 9.67. The Labute approximate surface area is 292 Å². The Kier molecular flexibility index (Phi) is 12.7. The van der Waals surface area contributed by atoms with Crippen LogP contribution in [0.25, 0.3) is 32.3 Å². The van der Waals surface area contributed by atoms with Gasteiger partial charge in [-0.1, -0.05) is 192 Å². The maximum absolute atomic E-state index is 2.29. The Morgan fingerprint density at radius 2 is 0.500 bits per heavy atom. The fourth-order valence-corrected chi connectivity index (χ4v) is 7.06. The van der Waals surface area contributed by atoms with Crippen molar-refractivity contribution in [2.75, 3.05) is 0 Å². The van der Waals surface area contributed by atoms with E-state index in [9.17, 15) is 0 Å². The van der Waals surface area contributed by atoms with Crippen molar-refractivity contribution >= 4 is 32.3 Å². The maximum atomic E-state index is 2.29. The molecule has 48 heavy (non-hydrogen) atoms. The van der Waals surface area contributed by atoms with Crippen LogP contribution >= 0.6 is 0 Å². The van der Waals surface area contributed by atoms with E-state index < -0.39 is 0 Å². The Morgan fingerprint density at radius 3 is 0.708 bits per heavy atom. The maximum Gasteiger partial charge on any atom is -0.0140 e. The van der Waals surface area contributed by atoms with E-state index in [0.717, 1.165) is 0 Å².